The van der Waals surface area contributed by atoms with Crippen molar-refractivity contribution in [2.45, 2.75) is 54.8 Å². The lowest BCUT2D eigenvalue weighted by molar-refractivity contribution is -0.155. The number of allylic oxidation sites excluding steroid dienone is 1. The molecule has 0 radical (unpaired) electrons. The summed E-state index contributed by atoms with van der Waals surface area (Å²) in [5, 5.41) is 18.3. The van der Waals surface area contributed by atoms with Gasteiger partial charge in [-0.05, 0) is 44.7 Å². The third kappa shape index (κ3) is 4.45. The van der Waals surface area contributed by atoms with Crippen LogP contribution < -0.4 is 0 Å². The molecule has 3 aliphatic rings. The molecule has 1 N–H and O–H groups in total. The van der Waals surface area contributed by atoms with Crippen LogP contribution in [-0.4, -0.2) is 89.5 Å². The molecule has 2 unspecified atom stereocenters. The molecule has 39 heavy (non-hydrogen) atoms. The minimum absolute atomic E-state index is 0.0139. The third-order valence-electron chi connectivity index (χ3n) is 8.29. The van der Waals surface area contributed by atoms with E-state index in [1.54, 1.807) is 33.5 Å². The summed E-state index contributed by atoms with van der Waals surface area (Å²) in [4.78, 5) is 44.8. The number of rotatable bonds is 12. The lowest BCUT2D eigenvalue weighted by atomic mass is 9.66. The topological polar surface area (TPSA) is 118 Å². The molecule has 3 aliphatic heterocycles. The van der Waals surface area contributed by atoms with Gasteiger partial charge in [-0.3, -0.25) is 14.4 Å². The Balaban J connectivity index is 1.47. The Morgan fingerprint density at radius 1 is 1.28 bits per heavy atom. The second-order valence-electron chi connectivity index (χ2n) is 10.6. The van der Waals surface area contributed by atoms with Crippen molar-refractivity contribution in [1.29, 1.82) is 0 Å². The number of benzene rings is 1. The highest BCUT2D eigenvalue weighted by atomic mass is 32.2. The summed E-state index contributed by atoms with van der Waals surface area (Å²) in [6.07, 6.45) is 6.14. The molecule has 2 amide bonds. The second kappa shape index (κ2) is 10.8. The number of hydrogen-bond acceptors (Lipinski definition) is 8. The van der Waals surface area contributed by atoms with Crippen molar-refractivity contribution in [3.8, 4) is 0 Å². The van der Waals surface area contributed by atoms with Crippen LogP contribution in [0.1, 0.15) is 32.6 Å². The molecule has 2 bridgehead atoms. The number of aromatic nitrogens is 3. The Hall–Kier alpha value is -3.18. The number of hydrogen-bond donors (Lipinski definition) is 1. The Bertz CT molecular complexity index is 1300. The van der Waals surface area contributed by atoms with Crippen molar-refractivity contribution in [3.63, 3.8) is 0 Å². The molecule has 5 atom stereocenters. The number of esters is 1. The standard InChI is InChI=1S/C28H35N5O5S/c1-4-6-9-17-38-26(37)22-21-24(35)32(15-16-34)23(28(21)13-12-27(22,3)39-28)25(36)31(14-5-2)18-33-20-11-8-7-10-19(20)29-30-33/h4-5,7-8,10-11,21-23,34H,1-2,6,9,12-18H2,3H3/t21-,22+,23?,27-,28?/m0/s1. The van der Waals surface area contributed by atoms with Gasteiger partial charge in [0.05, 0.1) is 35.3 Å². The van der Waals surface area contributed by atoms with E-state index in [9.17, 15) is 19.5 Å². The van der Waals surface area contributed by atoms with Crippen LogP contribution in [0.5, 0.6) is 0 Å². The number of carbonyl (C=O) groups is 3. The lowest BCUT2D eigenvalue weighted by Crippen LogP contribution is -2.55. The molecular formula is C28H35N5O5S. The van der Waals surface area contributed by atoms with E-state index in [0.29, 0.717) is 24.8 Å². The van der Waals surface area contributed by atoms with E-state index in [1.807, 2.05) is 31.2 Å². The molecule has 0 saturated carbocycles. The fourth-order valence-corrected chi connectivity index (χ4v) is 8.97. The maximum Gasteiger partial charge on any atom is 0.311 e. The Kier molecular flexibility index (Phi) is 7.56. The minimum Gasteiger partial charge on any atom is -0.465 e. The van der Waals surface area contributed by atoms with Crippen LogP contribution in [0.15, 0.2) is 49.6 Å². The van der Waals surface area contributed by atoms with Crippen molar-refractivity contribution >= 4 is 40.6 Å². The summed E-state index contributed by atoms with van der Waals surface area (Å²) in [5.41, 5.74) is 1.50. The predicted octanol–water partition coefficient (Wildman–Crippen LogP) is 2.39. The van der Waals surface area contributed by atoms with Gasteiger partial charge in [0.25, 0.3) is 0 Å². The molecule has 1 aromatic carbocycles. The number of likely N-dealkylation sites (tertiary alicyclic amines) is 1. The first kappa shape index (κ1) is 27.4. The van der Waals surface area contributed by atoms with Crippen molar-refractivity contribution in [2.24, 2.45) is 11.8 Å². The van der Waals surface area contributed by atoms with E-state index in [4.69, 9.17) is 4.74 Å². The predicted molar refractivity (Wildman–Crippen MR) is 147 cm³/mol. The van der Waals surface area contributed by atoms with Gasteiger partial charge in [-0.1, -0.05) is 29.5 Å². The molecule has 5 rings (SSSR count). The number of para-hydroxylation sites is 1. The quantitative estimate of drug-likeness (QED) is 0.242. The molecule has 208 valence electrons. The monoisotopic (exact) mass is 553 g/mol. The summed E-state index contributed by atoms with van der Waals surface area (Å²) in [6.45, 7) is 9.90. The van der Waals surface area contributed by atoms with Crippen molar-refractivity contribution in [1.82, 2.24) is 24.8 Å². The number of carbonyl (C=O) groups excluding carboxylic acids is 3. The molecule has 1 spiro atoms. The highest BCUT2D eigenvalue weighted by Gasteiger charge is 2.77. The van der Waals surface area contributed by atoms with Gasteiger partial charge in [-0.25, -0.2) is 4.68 Å². The zero-order valence-electron chi connectivity index (χ0n) is 22.2. The van der Waals surface area contributed by atoms with Crippen LogP contribution >= 0.6 is 11.8 Å². The maximum absolute atomic E-state index is 14.4. The fraction of sp³-hybridized carbons (Fsp3) is 0.536. The Labute approximate surface area is 232 Å². The molecule has 11 heteroatoms. The maximum atomic E-state index is 14.4. The van der Waals surface area contributed by atoms with Gasteiger partial charge in [0, 0.05) is 17.8 Å². The first-order valence-corrected chi connectivity index (χ1v) is 14.2. The third-order valence-corrected chi connectivity index (χ3v) is 10.3. The molecule has 3 saturated heterocycles. The summed E-state index contributed by atoms with van der Waals surface area (Å²) in [6, 6.07) is 6.67. The molecule has 3 fully saturated rings. The Morgan fingerprint density at radius 3 is 2.82 bits per heavy atom. The van der Waals surface area contributed by atoms with Crippen molar-refractivity contribution < 1.29 is 24.2 Å². The molecule has 4 heterocycles. The van der Waals surface area contributed by atoms with Gasteiger partial charge in [-0.2, -0.15) is 0 Å². The highest BCUT2D eigenvalue weighted by Crippen LogP contribution is 2.71. The SMILES string of the molecule is C=CCCCOC(=O)[C@H]1[C@H]2C(=O)N(CCO)C(C(=O)N(CC=C)Cn3nnc4ccccc43)C23CC[C@]1(C)S3. The van der Waals surface area contributed by atoms with Crippen molar-refractivity contribution in [3.05, 3.63) is 49.6 Å². The number of aliphatic hydroxyl groups is 1. The van der Waals surface area contributed by atoms with Gasteiger partial charge in [-0.15, -0.1) is 30.0 Å². The number of fused-ring (bicyclic) bond motifs is 2. The first-order chi connectivity index (χ1) is 18.8. The average molecular weight is 554 g/mol. The van der Waals surface area contributed by atoms with Gasteiger partial charge in [0.1, 0.15) is 18.2 Å². The molecular weight excluding hydrogens is 518 g/mol. The summed E-state index contributed by atoms with van der Waals surface area (Å²) < 4.78 is 6.00. The Morgan fingerprint density at radius 2 is 2.08 bits per heavy atom. The van der Waals surface area contributed by atoms with Crippen LogP contribution in [0.3, 0.4) is 0 Å². The van der Waals surface area contributed by atoms with Gasteiger partial charge < -0.3 is 19.6 Å². The fourth-order valence-electron chi connectivity index (χ4n) is 6.63. The summed E-state index contributed by atoms with van der Waals surface area (Å²) in [5.74, 6) is -2.25. The molecule has 1 aromatic heterocycles. The number of nitrogens with zero attached hydrogens (tertiary/aromatic N) is 5. The number of thioether (sulfide) groups is 1. The summed E-state index contributed by atoms with van der Waals surface area (Å²) >= 11 is 1.58. The van der Waals surface area contributed by atoms with E-state index in [-0.39, 0.29) is 50.8 Å². The van der Waals surface area contributed by atoms with Crippen LogP contribution in [0, 0.1) is 11.8 Å². The van der Waals surface area contributed by atoms with Gasteiger partial charge in [0.2, 0.25) is 11.8 Å². The first-order valence-electron chi connectivity index (χ1n) is 13.4. The number of ether oxygens (including phenoxy) is 1. The van der Waals surface area contributed by atoms with Crippen LogP contribution in [0.4, 0.5) is 0 Å². The number of unbranched alkanes of at least 4 members (excludes halogenated alkanes) is 1. The van der Waals surface area contributed by atoms with E-state index in [2.05, 4.69) is 23.5 Å². The molecule has 2 aromatic rings. The van der Waals surface area contributed by atoms with Crippen LogP contribution in [0.25, 0.3) is 11.0 Å². The number of amides is 2. The van der Waals surface area contributed by atoms with Gasteiger partial charge in [0.15, 0.2) is 0 Å². The minimum atomic E-state index is -0.831. The lowest BCUT2D eigenvalue weighted by Gasteiger charge is -2.37. The van der Waals surface area contributed by atoms with E-state index < -0.39 is 27.4 Å². The zero-order chi connectivity index (χ0) is 27.8. The average Bonchev–Trinajstić information content (AvgIpc) is 3.62. The normalized spacial score (nSPS) is 29.0. The number of β-amino-alcohol motifs (C(OH)–C–C–N with tert-alkyl or cyclic N) is 1. The molecule has 10 nitrogen and oxygen atoms in total. The van der Waals surface area contributed by atoms with Crippen LogP contribution in [-0.2, 0) is 25.8 Å². The van der Waals surface area contributed by atoms with E-state index >= 15 is 0 Å². The smallest absolute Gasteiger partial charge is 0.311 e. The summed E-state index contributed by atoms with van der Waals surface area (Å²) in [7, 11) is 0. The zero-order valence-corrected chi connectivity index (χ0v) is 23.0. The second-order valence-corrected chi connectivity index (χ2v) is 12.5. The molecule has 0 aliphatic carbocycles. The van der Waals surface area contributed by atoms with Gasteiger partial charge >= 0.3 is 5.97 Å². The van der Waals surface area contributed by atoms with Crippen molar-refractivity contribution in [2.75, 3.05) is 26.3 Å². The largest absolute Gasteiger partial charge is 0.465 e. The van der Waals surface area contributed by atoms with Crippen LogP contribution in [0.2, 0.25) is 0 Å². The number of aliphatic hydroxyl groups excluding tert-OH is 1. The van der Waals surface area contributed by atoms with E-state index in [1.165, 1.54) is 4.90 Å². The van der Waals surface area contributed by atoms with E-state index in [0.717, 1.165) is 11.9 Å². The highest BCUT2D eigenvalue weighted by molar-refractivity contribution is 8.02.